The zero-order valence-corrected chi connectivity index (χ0v) is 29.3. The van der Waals surface area contributed by atoms with Crippen molar-refractivity contribution in [1.82, 2.24) is 10.2 Å². The van der Waals surface area contributed by atoms with Gasteiger partial charge in [-0.2, -0.15) is 0 Å². The molecule has 0 aromatic heterocycles. The molecule has 5 aromatic rings. The van der Waals surface area contributed by atoms with Crippen LogP contribution in [-0.2, 0) is 27.8 Å². The predicted octanol–water partition coefficient (Wildman–Crippen LogP) is 7.83. The molecule has 45 heavy (non-hydrogen) atoms. The van der Waals surface area contributed by atoms with Crippen LogP contribution in [0.4, 0.5) is 4.79 Å². The fourth-order valence-corrected chi connectivity index (χ4v) is 8.21. The molecule has 0 radical (unpaired) electrons. The van der Waals surface area contributed by atoms with Gasteiger partial charge in [0.05, 0.1) is 0 Å². The number of likely N-dealkylation sites (tertiary alicyclic amines) is 1. The van der Waals surface area contributed by atoms with Gasteiger partial charge in [0.15, 0.2) is 0 Å². The fraction of sp³-hybridized carbons (Fsp3) is 0.200. The second-order valence-corrected chi connectivity index (χ2v) is 14.5. The fourth-order valence-electron chi connectivity index (χ4n) is 5.90. The smallest absolute Gasteiger partial charge is 0.351 e. The third-order valence-corrected chi connectivity index (χ3v) is 10.3. The molecule has 1 aliphatic rings. The van der Waals surface area contributed by atoms with Crippen LogP contribution in [0.25, 0.3) is 0 Å². The Balaban J connectivity index is 0.000000207. The Hall–Kier alpha value is -3.46. The zero-order chi connectivity index (χ0) is 31.0. The summed E-state index contributed by atoms with van der Waals surface area (Å²) in [6, 6.07) is 53.2. The number of nitrogens with one attached hydrogen (secondary N) is 1. The Morgan fingerprint density at radius 3 is 1.33 bits per heavy atom. The monoisotopic (exact) mass is 794 g/mol. The standard InChI is InChI=1S/C22H27N2O.C18H15P.Au/c1-17-15-22(18-11-7-5-8-12-18,19-13-9-6-10-14-19)16-24(17)20(25)23-21(2,3)4;1-4-10-16(11-5-1)19(17-12-6-2-7-13-17)18-14-8-3-9-15-18;/h5-14,17H,1,15-16H2,2-4H3,(H,23,25);1-15H;/q-1;;+1. The van der Waals surface area contributed by atoms with Gasteiger partial charge >= 0.3 is 28.4 Å². The molecular formula is C40H42AuN2OP. The molecule has 1 aliphatic heterocycles. The molecule has 6 rings (SSSR count). The van der Waals surface area contributed by atoms with Crippen molar-refractivity contribution in [2.75, 3.05) is 6.54 Å². The number of urea groups is 1. The van der Waals surface area contributed by atoms with Gasteiger partial charge in [0.2, 0.25) is 0 Å². The minimum Gasteiger partial charge on any atom is -0.351 e. The van der Waals surface area contributed by atoms with Crippen LogP contribution >= 0.6 is 7.92 Å². The second-order valence-electron chi connectivity index (χ2n) is 12.3. The second kappa shape index (κ2) is 15.7. The molecule has 5 heteroatoms. The number of carbonyl (C=O) groups is 1. The van der Waals surface area contributed by atoms with Crippen molar-refractivity contribution in [3.05, 3.63) is 170 Å². The third-order valence-electron chi connectivity index (χ3n) is 7.90. The van der Waals surface area contributed by atoms with E-state index < -0.39 is 7.92 Å². The van der Waals surface area contributed by atoms with Crippen molar-refractivity contribution in [1.29, 1.82) is 0 Å². The van der Waals surface area contributed by atoms with Gasteiger partial charge in [-0.15, -0.1) is 0 Å². The average molecular weight is 795 g/mol. The number of hydrogen-bond acceptors (Lipinski definition) is 1. The van der Waals surface area contributed by atoms with Gasteiger partial charge in [-0.1, -0.05) is 158 Å². The molecule has 0 saturated carbocycles. The Bertz CT molecular complexity index is 1460. The van der Waals surface area contributed by atoms with Gasteiger partial charge in [0.25, 0.3) is 0 Å². The Labute approximate surface area is 286 Å². The molecule has 0 spiro atoms. The van der Waals surface area contributed by atoms with E-state index >= 15 is 0 Å². The topological polar surface area (TPSA) is 32.3 Å². The maximum Gasteiger partial charge on any atom is 1.00 e. The summed E-state index contributed by atoms with van der Waals surface area (Å²) in [5.41, 5.74) is 1.99. The van der Waals surface area contributed by atoms with Gasteiger partial charge < -0.3 is 17.1 Å². The van der Waals surface area contributed by atoms with Crippen LogP contribution in [0, 0.1) is 6.92 Å². The van der Waals surface area contributed by atoms with E-state index in [2.05, 4.69) is 152 Å². The van der Waals surface area contributed by atoms with Crippen LogP contribution in [0.1, 0.15) is 38.3 Å². The van der Waals surface area contributed by atoms with Crippen molar-refractivity contribution in [3.63, 3.8) is 0 Å². The summed E-state index contributed by atoms with van der Waals surface area (Å²) in [7, 11) is -0.446. The molecule has 1 atom stereocenters. The van der Waals surface area contributed by atoms with Gasteiger partial charge in [0, 0.05) is 17.5 Å². The van der Waals surface area contributed by atoms with Gasteiger partial charge in [-0.05, 0) is 62.2 Å². The van der Waals surface area contributed by atoms with E-state index in [0.717, 1.165) is 6.42 Å². The Kier molecular flexibility index (Phi) is 12.0. The maximum absolute atomic E-state index is 12.8. The van der Waals surface area contributed by atoms with Crippen LogP contribution in [0.5, 0.6) is 0 Å². The zero-order valence-electron chi connectivity index (χ0n) is 26.2. The maximum atomic E-state index is 12.8. The van der Waals surface area contributed by atoms with E-state index in [-0.39, 0.29) is 45.4 Å². The summed E-state index contributed by atoms with van der Waals surface area (Å²) in [5.74, 6) is 0. The number of rotatable bonds is 5. The quantitative estimate of drug-likeness (QED) is 0.110. The van der Waals surface area contributed by atoms with Crippen molar-refractivity contribution in [2.45, 2.75) is 44.2 Å². The molecule has 1 fully saturated rings. The normalized spacial score (nSPS) is 15.4. The van der Waals surface area contributed by atoms with Crippen molar-refractivity contribution >= 4 is 29.9 Å². The Morgan fingerprint density at radius 1 is 0.667 bits per heavy atom. The largest absolute Gasteiger partial charge is 1.00 e. The van der Waals surface area contributed by atoms with E-state index in [1.165, 1.54) is 27.0 Å². The van der Waals surface area contributed by atoms with E-state index in [4.69, 9.17) is 0 Å². The van der Waals surface area contributed by atoms with Crippen LogP contribution in [-0.4, -0.2) is 29.1 Å². The van der Waals surface area contributed by atoms with Crippen LogP contribution in [0.2, 0.25) is 0 Å². The minimum atomic E-state index is -0.446. The van der Waals surface area contributed by atoms with Gasteiger partial charge in [-0.3, -0.25) is 0 Å². The predicted molar refractivity (Wildman–Crippen MR) is 188 cm³/mol. The number of nitrogens with zero attached hydrogens (tertiary/aromatic N) is 1. The molecule has 0 bridgehead atoms. The Morgan fingerprint density at radius 2 is 1.00 bits per heavy atom. The van der Waals surface area contributed by atoms with Gasteiger partial charge in [-0.25, -0.2) is 4.79 Å². The molecule has 3 nitrogen and oxygen atoms in total. The summed E-state index contributed by atoms with van der Waals surface area (Å²) in [4.78, 5) is 14.7. The molecule has 0 aliphatic carbocycles. The SMILES string of the molecule is [Au+].[CH2-]C1CC(c2ccccc2)(c2ccccc2)CN1C(=O)NC(C)(C)C.c1ccc(P(c2ccccc2)c2ccccc2)cc1. The number of carbonyl (C=O) groups excluding carboxylic acids is 1. The molecule has 234 valence electrons. The van der Waals surface area contributed by atoms with Crippen LogP contribution in [0.15, 0.2) is 152 Å². The summed E-state index contributed by atoms with van der Waals surface area (Å²) in [6.45, 7) is 10.9. The van der Waals surface area contributed by atoms with E-state index in [1.54, 1.807) is 0 Å². The first-order valence-corrected chi connectivity index (χ1v) is 16.6. The van der Waals surface area contributed by atoms with E-state index in [0.29, 0.717) is 6.54 Å². The number of hydrogen-bond donors (Lipinski definition) is 1. The van der Waals surface area contributed by atoms with Crippen molar-refractivity contribution in [3.8, 4) is 0 Å². The molecule has 2 amide bonds. The third kappa shape index (κ3) is 8.63. The summed E-state index contributed by atoms with van der Waals surface area (Å²) < 4.78 is 0. The van der Waals surface area contributed by atoms with Crippen molar-refractivity contribution in [2.24, 2.45) is 0 Å². The first-order valence-electron chi connectivity index (χ1n) is 15.2. The summed E-state index contributed by atoms with van der Waals surface area (Å²) in [6.07, 6.45) is 0.818. The molecule has 1 unspecified atom stereocenters. The first-order chi connectivity index (χ1) is 21.3. The molecule has 1 heterocycles. The van der Waals surface area contributed by atoms with E-state index in [9.17, 15) is 4.79 Å². The van der Waals surface area contributed by atoms with Crippen LogP contribution in [0.3, 0.4) is 0 Å². The summed E-state index contributed by atoms with van der Waals surface area (Å²) in [5, 5.41) is 7.27. The molecule has 5 aromatic carbocycles. The molecular weight excluding hydrogens is 752 g/mol. The first kappa shape index (κ1) is 34.4. The van der Waals surface area contributed by atoms with E-state index in [1.807, 2.05) is 37.8 Å². The number of amides is 2. The average Bonchev–Trinajstić information content (AvgIpc) is 3.42. The summed E-state index contributed by atoms with van der Waals surface area (Å²) >= 11 is 0. The molecule has 1 saturated heterocycles. The minimum absolute atomic E-state index is 0. The number of benzene rings is 5. The molecule has 1 N–H and O–H groups in total. The van der Waals surface area contributed by atoms with Gasteiger partial charge in [0.1, 0.15) is 0 Å². The van der Waals surface area contributed by atoms with Crippen LogP contribution < -0.4 is 21.2 Å². The van der Waals surface area contributed by atoms with Crippen molar-refractivity contribution < 1.29 is 27.2 Å².